The molecular weight excluding hydrogens is 734 g/mol. The molecule has 12 heteroatoms. The molecule has 2 aromatic carbocycles. The van der Waals surface area contributed by atoms with E-state index < -0.39 is 0 Å². The van der Waals surface area contributed by atoms with E-state index >= 15 is 0 Å². The van der Waals surface area contributed by atoms with Crippen LogP contribution in [0.15, 0.2) is 48.5 Å². The summed E-state index contributed by atoms with van der Waals surface area (Å²) in [6.45, 7) is 6.87. The van der Waals surface area contributed by atoms with Gasteiger partial charge in [0, 0.05) is 36.9 Å². The number of hydrogen-bond acceptors (Lipinski definition) is 6. The maximum Gasteiger partial charge on any atom is 0.308 e. The van der Waals surface area contributed by atoms with E-state index in [4.69, 9.17) is 14.9 Å². The Balaban J connectivity index is 0.000000206. The molecular formula is C44H57ClF2N6O3. The van der Waals surface area contributed by atoms with Crippen molar-refractivity contribution in [3.8, 4) is 0 Å². The lowest BCUT2D eigenvalue weighted by Gasteiger charge is -2.31. The highest BCUT2D eigenvalue weighted by atomic mass is 35.5. The quantitative estimate of drug-likeness (QED) is 0.163. The second-order valence-electron chi connectivity index (χ2n) is 15.9. The smallest absolute Gasteiger partial charge is 0.308 e. The summed E-state index contributed by atoms with van der Waals surface area (Å²) >= 11 is 0. The number of fused-ring (bicyclic) bond motifs is 2. The van der Waals surface area contributed by atoms with Crippen LogP contribution in [0, 0.1) is 23.5 Å². The molecule has 3 aliphatic carbocycles. The van der Waals surface area contributed by atoms with E-state index in [0.717, 1.165) is 81.5 Å². The van der Waals surface area contributed by atoms with Crippen molar-refractivity contribution in [2.45, 2.75) is 123 Å². The van der Waals surface area contributed by atoms with Crippen molar-refractivity contribution in [2.75, 3.05) is 19.7 Å². The SMILES string of the molecule is C.CCOC(=O)C1CCC(CC(=O)N2CCc3c(C4CC4)nn(Cc4ccc(F)cc4)c3C2)CC1.Cl.Fc1ccc(Cn2nc(C3CC3)c3c2CNCC3)cc1. The normalized spacial score (nSPS) is 20.0. The lowest BCUT2D eigenvalue weighted by Crippen LogP contribution is -2.38. The molecule has 0 bridgehead atoms. The minimum atomic E-state index is -0.238. The van der Waals surface area contributed by atoms with Crippen molar-refractivity contribution in [3.05, 3.63) is 105 Å². The van der Waals surface area contributed by atoms with Gasteiger partial charge in [-0.3, -0.25) is 19.0 Å². The number of ether oxygens (including phenoxy) is 1. The maximum absolute atomic E-state index is 13.4. The van der Waals surface area contributed by atoms with Crippen molar-refractivity contribution in [1.29, 1.82) is 0 Å². The van der Waals surface area contributed by atoms with Gasteiger partial charge >= 0.3 is 5.97 Å². The highest BCUT2D eigenvalue weighted by Crippen LogP contribution is 2.44. The zero-order valence-electron chi connectivity index (χ0n) is 31.8. The average molecular weight is 791 g/mol. The van der Waals surface area contributed by atoms with Gasteiger partial charge in [0.1, 0.15) is 11.6 Å². The predicted octanol–water partition coefficient (Wildman–Crippen LogP) is 8.24. The Morgan fingerprint density at radius 3 is 1.84 bits per heavy atom. The number of carbonyl (C=O) groups is 2. The first-order valence-electron chi connectivity index (χ1n) is 20.1. The maximum atomic E-state index is 13.4. The van der Waals surface area contributed by atoms with Gasteiger partial charge in [0.25, 0.3) is 0 Å². The minimum Gasteiger partial charge on any atom is -0.466 e. The number of esters is 1. The van der Waals surface area contributed by atoms with E-state index in [2.05, 4.69) is 10.00 Å². The largest absolute Gasteiger partial charge is 0.466 e. The molecule has 4 aromatic rings. The van der Waals surface area contributed by atoms with Gasteiger partial charge in [0.2, 0.25) is 5.91 Å². The molecule has 2 aliphatic heterocycles. The van der Waals surface area contributed by atoms with Crippen LogP contribution in [0.1, 0.15) is 129 Å². The van der Waals surface area contributed by atoms with E-state index in [1.807, 2.05) is 28.6 Å². The Kier molecular flexibility index (Phi) is 13.7. The first kappa shape index (κ1) is 41.5. The Labute approximate surface area is 336 Å². The standard InChI is InChI=1S/C27H34FN3O3.C16H18FN3.CH4.ClH/c1-2-34-27(33)21-7-3-18(4-8-21)15-25(32)30-14-13-23-24(17-30)31(29-26(23)20-9-10-20)16-19-5-11-22(28)12-6-19;17-13-5-1-11(2-6-13)10-20-15-9-18-8-7-14(15)16(19-20)12-3-4-12;;/h5-6,11-12,18,20-21H,2-4,7-10,13-17H2,1H3;1-2,5-6,12,18H,3-4,7-10H2;1H4;1H. The van der Waals surface area contributed by atoms with E-state index in [-0.39, 0.29) is 49.3 Å². The van der Waals surface area contributed by atoms with Crippen LogP contribution in [0.25, 0.3) is 0 Å². The van der Waals surface area contributed by atoms with Crippen LogP contribution in [-0.2, 0) is 53.3 Å². The van der Waals surface area contributed by atoms with Crippen LogP contribution >= 0.6 is 12.4 Å². The monoisotopic (exact) mass is 790 g/mol. The predicted molar refractivity (Wildman–Crippen MR) is 215 cm³/mol. The number of halogens is 3. The zero-order chi connectivity index (χ0) is 37.2. The summed E-state index contributed by atoms with van der Waals surface area (Å²) < 4.78 is 35.7. The van der Waals surface area contributed by atoms with Crippen LogP contribution in [0.5, 0.6) is 0 Å². The fourth-order valence-electron chi connectivity index (χ4n) is 8.56. The summed E-state index contributed by atoms with van der Waals surface area (Å²) in [4.78, 5) is 27.2. The van der Waals surface area contributed by atoms with Crippen LogP contribution in [-0.4, -0.2) is 56.0 Å². The van der Waals surface area contributed by atoms with Crippen LogP contribution in [0.4, 0.5) is 8.78 Å². The lowest BCUT2D eigenvalue weighted by molar-refractivity contribution is -0.149. The van der Waals surface area contributed by atoms with Gasteiger partial charge in [0.05, 0.1) is 54.9 Å². The first-order valence-corrected chi connectivity index (χ1v) is 20.1. The Morgan fingerprint density at radius 2 is 1.30 bits per heavy atom. The van der Waals surface area contributed by atoms with Gasteiger partial charge in [-0.25, -0.2) is 8.78 Å². The summed E-state index contributed by atoms with van der Waals surface area (Å²) in [7, 11) is 0. The lowest BCUT2D eigenvalue weighted by atomic mass is 9.80. The molecule has 3 saturated carbocycles. The zero-order valence-corrected chi connectivity index (χ0v) is 32.6. The molecule has 302 valence electrons. The highest BCUT2D eigenvalue weighted by Gasteiger charge is 2.36. The molecule has 9 rings (SSSR count). The fourth-order valence-corrected chi connectivity index (χ4v) is 8.56. The van der Waals surface area contributed by atoms with Gasteiger partial charge in [0.15, 0.2) is 0 Å². The van der Waals surface area contributed by atoms with Crippen LogP contribution in [0.2, 0.25) is 0 Å². The van der Waals surface area contributed by atoms with Crippen LogP contribution in [0.3, 0.4) is 0 Å². The number of amides is 1. The topological polar surface area (TPSA) is 94.3 Å². The second kappa shape index (κ2) is 18.4. The van der Waals surface area contributed by atoms with Crippen molar-refractivity contribution >= 4 is 24.3 Å². The third-order valence-corrected chi connectivity index (χ3v) is 11.9. The third kappa shape index (κ3) is 9.71. The Hall–Kier alpha value is -4.09. The molecule has 0 atom stereocenters. The first-order chi connectivity index (χ1) is 26.3. The molecule has 0 radical (unpaired) electrons. The third-order valence-electron chi connectivity index (χ3n) is 11.9. The summed E-state index contributed by atoms with van der Waals surface area (Å²) in [5.74, 6) is 1.27. The van der Waals surface area contributed by atoms with E-state index in [9.17, 15) is 18.4 Å². The Morgan fingerprint density at radius 1 is 0.768 bits per heavy atom. The number of carbonyl (C=O) groups excluding carboxylic acids is 2. The molecule has 1 amide bonds. The van der Waals surface area contributed by atoms with E-state index in [0.29, 0.717) is 43.9 Å². The molecule has 56 heavy (non-hydrogen) atoms. The molecule has 5 aliphatic rings. The molecule has 1 N–H and O–H groups in total. The van der Waals surface area contributed by atoms with Crippen molar-refractivity contribution in [3.63, 3.8) is 0 Å². The number of aromatic nitrogens is 4. The number of nitrogens with one attached hydrogen (secondary N) is 1. The van der Waals surface area contributed by atoms with Gasteiger partial charge < -0.3 is 15.0 Å². The van der Waals surface area contributed by atoms with Crippen LogP contribution < -0.4 is 5.32 Å². The van der Waals surface area contributed by atoms with E-state index in [1.54, 1.807) is 12.1 Å². The minimum absolute atomic E-state index is 0. The number of rotatable bonds is 10. The number of nitrogens with zero attached hydrogens (tertiary/aromatic N) is 5. The number of hydrogen-bond donors (Lipinski definition) is 1. The van der Waals surface area contributed by atoms with Crippen molar-refractivity contribution in [2.24, 2.45) is 11.8 Å². The molecule has 9 nitrogen and oxygen atoms in total. The highest BCUT2D eigenvalue weighted by molar-refractivity contribution is 5.85. The summed E-state index contributed by atoms with van der Waals surface area (Å²) in [6, 6.07) is 13.3. The van der Waals surface area contributed by atoms with Crippen molar-refractivity contribution in [1.82, 2.24) is 29.8 Å². The molecule has 2 aromatic heterocycles. The molecule has 0 unspecified atom stereocenters. The summed E-state index contributed by atoms with van der Waals surface area (Å²) in [6.07, 6.45) is 10.9. The molecule has 4 heterocycles. The van der Waals surface area contributed by atoms with Gasteiger partial charge in [-0.1, -0.05) is 31.7 Å². The summed E-state index contributed by atoms with van der Waals surface area (Å²) in [5.41, 5.74) is 9.89. The van der Waals surface area contributed by atoms with E-state index in [1.165, 1.54) is 78.2 Å². The fraction of sp³-hybridized carbons (Fsp3) is 0.545. The van der Waals surface area contributed by atoms with Gasteiger partial charge in [-0.15, -0.1) is 12.4 Å². The second-order valence-corrected chi connectivity index (χ2v) is 15.9. The Bertz CT molecular complexity index is 1950. The molecule has 0 saturated heterocycles. The van der Waals surface area contributed by atoms with Crippen molar-refractivity contribution < 1.29 is 23.1 Å². The average Bonchev–Trinajstić information content (AvgIpc) is 4.14. The summed E-state index contributed by atoms with van der Waals surface area (Å²) in [5, 5.41) is 13.2. The number of benzene rings is 2. The van der Waals surface area contributed by atoms with Gasteiger partial charge in [-0.05, 0) is 125 Å². The molecule has 0 spiro atoms. The molecule has 3 fully saturated rings. The van der Waals surface area contributed by atoms with Gasteiger partial charge in [-0.2, -0.15) is 10.2 Å².